The predicted octanol–water partition coefficient (Wildman–Crippen LogP) is 2.16. The van der Waals surface area contributed by atoms with Gasteiger partial charge in [0.05, 0.1) is 6.04 Å². The van der Waals surface area contributed by atoms with Crippen LogP contribution in [0.25, 0.3) is 0 Å². The summed E-state index contributed by atoms with van der Waals surface area (Å²) < 4.78 is 5.20. The Morgan fingerprint density at radius 2 is 2.21 bits per heavy atom. The molecule has 98 valence electrons. The van der Waals surface area contributed by atoms with Crippen LogP contribution >= 0.6 is 0 Å². The van der Waals surface area contributed by atoms with Crippen molar-refractivity contribution in [2.75, 3.05) is 6.61 Å². The maximum Gasteiger partial charge on any atom is 0.174 e. The smallest absolute Gasteiger partial charge is 0.174 e. The third-order valence-corrected chi connectivity index (χ3v) is 2.77. The van der Waals surface area contributed by atoms with Crippen molar-refractivity contribution in [1.29, 1.82) is 5.26 Å². The highest BCUT2D eigenvalue weighted by Gasteiger charge is 2.06. The Hall–Kier alpha value is -2.32. The van der Waals surface area contributed by atoms with E-state index in [2.05, 4.69) is 22.2 Å². The molecule has 0 aliphatic carbocycles. The highest BCUT2D eigenvalue weighted by Crippen LogP contribution is 2.13. The van der Waals surface area contributed by atoms with Crippen molar-refractivity contribution in [2.45, 2.75) is 19.5 Å². The van der Waals surface area contributed by atoms with Gasteiger partial charge in [0.25, 0.3) is 0 Å². The molecule has 2 rings (SSSR count). The first-order chi connectivity index (χ1) is 9.29. The van der Waals surface area contributed by atoms with Crippen molar-refractivity contribution >= 4 is 0 Å². The molecule has 0 bridgehead atoms. The first kappa shape index (κ1) is 13.1. The van der Waals surface area contributed by atoms with Gasteiger partial charge in [-0.25, -0.2) is 4.98 Å². The van der Waals surface area contributed by atoms with Gasteiger partial charge in [-0.2, -0.15) is 5.26 Å². The van der Waals surface area contributed by atoms with Crippen molar-refractivity contribution in [2.24, 2.45) is 0 Å². The second-order valence-corrected chi connectivity index (χ2v) is 4.17. The monoisotopic (exact) mass is 256 g/mol. The summed E-state index contributed by atoms with van der Waals surface area (Å²) in [5.74, 6) is 1.64. The third-order valence-electron chi connectivity index (χ3n) is 2.77. The number of nitrogens with one attached hydrogen (secondary N) is 2. The van der Waals surface area contributed by atoms with Gasteiger partial charge in [-0.1, -0.05) is 12.1 Å². The SMILES string of the molecule is CC(NCc1ccc(OCC#N)cc1)c1ncc[nH]1. The standard InChI is InChI=1S/C14H16N4O/c1-11(14-16-7-8-17-14)18-10-12-2-4-13(5-3-12)19-9-6-15/h2-5,7-8,11,18H,9-10H2,1H3,(H,16,17). The number of nitrogens with zero attached hydrogens (tertiary/aromatic N) is 2. The molecule has 0 spiro atoms. The quantitative estimate of drug-likeness (QED) is 0.830. The number of nitriles is 1. The number of benzene rings is 1. The van der Waals surface area contributed by atoms with Crippen LogP contribution in [0.1, 0.15) is 24.4 Å². The maximum absolute atomic E-state index is 8.42. The molecule has 0 amide bonds. The number of aromatic amines is 1. The molecule has 0 saturated carbocycles. The number of hydrogen-bond acceptors (Lipinski definition) is 4. The molecule has 0 fully saturated rings. The molecule has 2 N–H and O–H groups in total. The van der Waals surface area contributed by atoms with E-state index < -0.39 is 0 Å². The predicted molar refractivity (Wildman–Crippen MR) is 71.4 cm³/mol. The zero-order valence-corrected chi connectivity index (χ0v) is 10.8. The summed E-state index contributed by atoms with van der Waals surface area (Å²) in [6.45, 7) is 2.89. The summed E-state index contributed by atoms with van der Waals surface area (Å²) in [7, 11) is 0. The van der Waals surface area contributed by atoms with Gasteiger partial charge in [-0.05, 0) is 24.6 Å². The molecule has 5 heteroatoms. The van der Waals surface area contributed by atoms with E-state index in [1.165, 1.54) is 0 Å². The molecule has 1 aromatic heterocycles. The van der Waals surface area contributed by atoms with Crippen LogP contribution in [0.5, 0.6) is 5.75 Å². The molecule has 0 aliphatic rings. The number of hydrogen-bond donors (Lipinski definition) is 2. The van der Waals surface area contributed by atoms with E-state index in [1.54, 1.807) is 6.20 Å². The normalized spacial score (nSPS) is 11.8. The molecule has 19 heavy (non-hydrogen) atoms. The van der Waals surface area contributed by atoms with Gasteiger partial charge in [0, 0.05) is 18.9 Å². The van der Waals surface area contributed by atoms with Crippen molar-refractivity contribution in [3.8, 4) is 11.8 Å². The summed E-state index contributed by atoms with van der Waals surface area (Å²) >= 11 is 0. The molecule has 0 radical (unpaired) electrons. The summed E-state index contributed by atoms with van der Waals surface area (Å²) in [5, 5.41) is 11.8. The zero-order valence-electron chi connectivity index (χ0n) is 10.8. The number of aromatic nitrogens is 2. The lowest BCUT2D eigenvalue weighted by Crippen LogP contribution is -2.19. The lowest BCUT2D eigenvalue weighted by Gasteiger charge is -2.11. The van der Waals surface area contributed by atoms with Gasteiger partial charge in [0.2, 0.25) is 0 Å². The van der Waals surface area contributed by atoms with Crippen LogP contribution in [0.15, 0.2) is 36.7 Å². The van der Waals surface area contributed by atoms with Crippen LogP contribution in [0.3, 0.4) is 0 Å². The van der Waals surface area contributed by atoms with Gasteiger partial charge in [-0.3, -0.25) is 0 Å². The molecular weight excluding hydrogens is 240 g/mol. The van der Waals surface area contributed by atoms with Gasteiger partial charge in [0.15, 0.2) is 6.61 Å². The molecule has 1 unspecified atom stereocenters. The average Bonchev–Trinajstić information content (AvgIpc) is 2.98. The molecule has 2 aromatic rings. The zero-order chi connectivity index (χ0) is 13.5. The molecular formula is C14H16N4O. The Kier molecular flexibility index (Phi) is 4.54. The summed E-state index contributed by atoms with van der Waals surface area (Å²) in [4.78, 5) is 7.29. The lowest BCUT2D eigenvalue weighted by atomic mass is 10.2. The minimum Gasteiger partial charge on any atom is -0.479 e. The summed E-state index contributed by atoms with van der Waals surface area (Å²) in [5.41, 5.74) is 1.16. The highest BCUT2D eigenvalue weighted by atomic mass is 16.5. The van der Waals surface area contributed by atoms with Crippen molar-refractivity contribution in [3.63, 3.8) is 0 Å². The van der Waals surface area contributed by atoms with Crippen LogP contribution in [-0.4, -0.2) is 16.6 Å². The van der Waals surface area contributed by atoms with Gasteiger partial charge in [-0.15, -0.1) is 0 Å². The lowest BCUT2D eigenvalue weighted by molar-refractivity contribution is 0.368. The van der Waals surface area contributed by atoms with Crippen LogP contribution in [0, 0.1) is 11.3 Å². The Morgan fingerprint density at radius 1 is 1.42 bits per heavy atom. The maximum atomic E-state index is 8.42. The molecule has 1 heterocycles. The number of H-pyrrole nitrogens is 1. The molecule has 1 aromatic carbocycles. The van der Waals surface area contributed by atoms with Crippen LogP contribution in [0.2, 0.25) is 0 Å². The van der Waals surface area contributed by atoms with Crippen molar-refractivity contribution in [3.05, 3.63) is 48.0 Å². The average molecular weight is 256 g/mol. The Labute approximate surface area is 112 Å². The van der Waals surface area contributed by atoms with E-state index in [9.17, 15) is 0 Å². The first-order valence-electron chi connectivity index (χ1n) is 6.11. The fourth-order valence-electron chi connectivity index (χ4n) is 1.70. The van der Waals surface area contributed by atoms with Crippen LogP contribution in [-0.2, 0) is 6.54 Å². The Bertz CT molecular complexity index is 528. The number of ether oxygens (including phenoxy) is 1. The fraction of sp³-hybridized carbons (Fsp3) is 0.286. The van der Waals surface area contributed by atoms with Gasteiger partial charge in [0.1, 0.15) is 17.6 Å². The van der Waals surface area contributed by atoms with Crippen LogP contribution in [0.4, 0.5) is 0 Å². The Balaban J connectivity index is 1.85. The highest BCUT2D eigenvalue weighted by molar-refractivity contribution is 5.27. The molecule has 1 atom stereocenters. The van der Waals surface area contributed by atoms with Crippen molar-refractivity contribution in [1.82, 2.24) is 15.3 Å². The van der Waals surface area contributed by atoms with E-state index in [0.717, 1.165) is 17.9 Å². The van der Waals surface area contributed by atoms with E-state index in [0.29, 0.717) is 5.75 Å². The fourth-order valence-corrected chi connectivity index (χ4v) is 1.70. The van der Waals surface area contributed by atoms with E-state index in [1.807, 2.05) is 36.5 Å². The second-order valence-electron chi connectivity index (χ2n) is 4.17. The Morgan fingerprint density at radius 3 is 2.84 bits per heavy atom. The van der Waals surface area contributed by atoms with Gasteiger partial charge < -0.3 is 15.0 Å². The second kappa shape index (κ2) is 6.57. The molecule has 0 saturated heterocycles. The topological polar surface area (TPSA) is 73.7 Å². The summed E-state index contributed by atoms with van der Waals surface area (Å²) in [6, 6.07) is 9.81. The summed E-state index contributed by atoms with van der Waals surface area (Å²) in [6.07, 6.45) is 3.56. The van der Waals surface area contributed by atoms with Crippen LogP contribution < -0.4 is 10.1 Å². The number of imidazole rings is 1. The largest absolute Gasteiger partial charge is 0.479 e. The minimum absolute atomic E-state index is 0.0765. The molecule has 5 nitrogen and oxygen atoms in total. The third kappa shape index (κ3) is 3.83. The van der Waals surface area contributed by atoms with Gasteiger partial charge >= 0.3 is 0 Å². The van der Waals surface area contributed by atoms with E-state index >= 15 is 0 Å². The first-order valence-corrected chi connectivity index (χ1v) is 6.11. The van der Waals surface area contributed by atoms with E-state index in [4.69, 9.17) is 10.00 Å². The van der Waals surface area contributed by atoms with E-state index in [-0.39, 0.29) is 12.6 Å². The number of rotatable bonds is 6. The van der Waals surface area contributed by atoms with Crippen molar-refractivity contribution < 1.29 is 4.74 Å². The minimum atomic E-state index is 0.0765. The molecule has 0 aliphatic heterocycles.